The number of rotatable bonds is 5. The van der Waals surface area contributed by atoms with Crippen LogP contribution in [0.1, 0.15) is 40.5 Å². The molecule has 5 heteroatoms. The van der Waals surface area contributed by atoms with E-state index in [9.17, 15) is 4.79 Å². The number of hydrogen-bond donors (Lipinski definition) is 3. The Balaban J connectivity index is 4.65. The number of amidine groups is 1. The molecule has 0 aromatic carbocycles. The molecule has 0 aromatic heterocycles. The Morgan fingerprint density at radius 2 is 2.13 bits per heavy atom. The summed E-state index contributed by atoms with van der Waals surface area (Å²) in [7, 11) is 0. The molecule has 0 saturated carbocycles. The molecule has 0 bridgehead atoms. The summed E-state index contributed by atoms with van der Waals surface area (Å²) in [5.74, 6) is -0.113. The summed E-state index contributed by atoms with van der Waals surface area (Å²) in [4.78, 5) is 11.7. The van der Waals surface area contributed by atoms with Gasteiger partial charge in [-0.3, -0.25) is 4.79 Å². The van der Waals surface area contributed by atoms with Gasteiger partial charge in [0.05, 0.1) is 5.54 Å². The minimum Gasteiger partial charge on any atom is -0.409 e. The van der Waals surface area contributed by atoms with E-state index in [1.165, 1.54) is 0 Å². The Hall–Kier alpha value is -1.26. The number of oxime groups is 1. The second kappa shape index (κ2) is 5.58. The maximum Gasteiger partial charge on any atom is 0.223 e. The first-order chi connectivity index (χ1) is 6.91. The van der Waals surface area contributed by atoms with Crippen molar-refractivity contribution in [3.63, 3.8) is 0 Å². The first-order valence-corrected chi connectivity index (χ1v) is 5.21. The second-order valence-electron chi connectivity index (χ2n) is 3.97. The van der Waals surface area contributed by atoms with Crippen LogP contribution >= 0.6 is 0 Å². The highest BCUT2D eigenvalue weighted by atomic mass is 16.4. The van der Waals surface area contributed by atoms with Crippen LogP contribution in [0.15, 0.2) is 5.16 Å². The monoisotopic (exact) mass is 215 g/mol. The predicted molar refractivity (Wildman–Crippen MR) is 59.7 cm³/mol. The molecule has 2 atom stereocenters. The van der Waals surface area contributed by atoms with Gasteiger partial charge >= 0.3 is 0 Å². The molecule has 0 spiro atoms. The maximum absolute atomic E-state index is 11.7. The maximum atomic E-state index is 11.7. The summed E-state index contributed by atoms with van der Waals surface area (Å²) < 4.78 is 0. The lowest BCUT2D eigenvalue weighted by Crippen LogP contribution is -2.56. The van der Waals surface area contributed by atoms with Gasteiger partial charge in [-0.2, -0.15) is 0 Å². The predicted octanol–water partition coefficient (Wildman–Crippen LogP) is 1.06. The molecule has 0 aliphatic carbocycles. The van der Waals surface area contributed by atoms with E-state index >= 15 is 0 Å². The van der Waals surface area contributed by atoms with Crippen molar-refractivity contribution in [1.82, 2.24) is 5.32 Å². The van der Waals surface area contributed by atoms with Gasteiger partial charge in [0.15, 0.2) is 5.84 Å². The fourth-order valence-electron chi connectivity index (χ4n) is 1.02. The van der Waals surface area contributed by atoms with Crippen LogP contribution in [0.2, 0.25) is 0 Å². The third kappa shape index (κ3) is 3.42. The molecular formula is C10H21N3O2. The molecule has 0 aliphatic heterocycles. The molecule has 0 saturated heterocycles. The molecule has 15 heavy (non-hydrogen) atoms. The van der Waals surface area contributed by atoms with Crippen molar-refractivity contribution in [2.24, 2.45) is 16.8 Å². The number of amides is 1. The van der Waals surface area contributed by atoms with Gasteiger partial charge in [0.25, 0.3) is 0 Å². The minimum atomic E-state index is -0.769. The van der Waals surface area contributed by atoms with Crippen molar-refractivity contribution in [3.05, 3.63) is 0 Å². The number of nitrogens with zero attached hydrogens (tertiary/aromatic N) is 1. The van der Waals surface area contributed by atoms with Crippen molar-refractivity contribution < 1.29 is 10.0 Å². The first-order valence-electron chi connectivity index (χ1n) is 5.21. The molecule has 0 heterocycles. The van der Waals surface area contributed by atoms with Crippen molar-refractivity contribution >= 4 is 11.7 Å². The zero-order valence-corrected chi connectivity index (χ0v) is 9.87. The van der Waals surface area contributed by atoms with E-state index in [0.717, 1.165) is 6.42 Å². The zero-order chi connectivity index (χ0) is 12.1. The van der Waals surface area contributed by atoms with E-state index < -0.39 is 5.54 Å². The van der Waals surface area contributed by atoms with Crippen LogP contribution in [0, 0.1) is 5.92 Å². The summed E-state index contributed by atoms with van der Waals surface area (Å²) in [6.07, 6.45) is 1.34. The van der Waals surface area contributed by atoms with Gasteiger partial charge in [-0.15, -0.1) is 0 Å². The molecule has 5 nitrogen and oxygen atoms in total. The largest absolute Gasteiger partial charge is 0.409 e. The van der Waals surface area contributed by atoms with E-state index in [1.54, 1.807) is 6.92 Å². The summed E-state index contributed by atoms with van der Waals surface area (Å²) in [5.41, 5.74) is 4.77. The highest BCUT2D eigenvalue weighted by Gasteiger charge is 2.30. The molecule has 0 aliphatic rings. The summed E-state index contributed by atoms with van der Waals surface area (Å²) in [5, 5.41) is 14.4. The lowest BCUT2D eigenvalue weighted by atomic mass is 9.96. The number of nitrogens with one attached hydrogen (secondary N) is 1. The van der Waals surface area contributed by atoms with Crippen molar-refractivity contribution in [1.29, 1.82) is 0 Å². The van der Waals surface area contributed by atoms with Crippen LogP contribution in [0.25, 0.3) is 0 Å². The van der Waals surface area contributed by atoms with Gasteiger partial charge in [-0.1, -0.05) is 25.9 Å². The molecule has 0 aromatic rings. The molecule has 2 unspecified atom stereocenters. The van der Waals surface area contributed by atoms with Crippen LogP contribution in [0.5, 0.6) is 0 Å². The standard InChI is InChI=1S/C10H21N3O2/c1-5-7(3)8(14)12-10(4,6-2)9(11)13-15/h7,15H,5-6H2,1-4H3,(H2,11,13)(H,12,14). The van der Waals surface area contributed by atoms with Gasteiger partial charge in [0, 0.05) is 5.92 Å². The topological polar surface area (TPSA) is 87.7 Å². The van der Waals surface area contributed by atoms with Crippen LogP contribution in [-0.2, 0) is 4.79 Å². The van der Waals surface area contributed by atoms with Gasteiger partial charge in [-0.05, 0) is 19.8 Å². The molecule has 0 radical (unpaired) electrons. The highest BCUT2D eigenvalue weighted by molar-refractivity contribution is 5.93. The third-order valence-corrected chi connectivity index (χ3v) is 2.84. The fraction of sp³-hybridized carbons (Fsp3) is 0.800. The van der Waals surface area contributed by atoms with E-state index in [1.807, 2.05) is 20.8 Å². The molecule has 0 rings (SSSR count). The Morgan fingerprint density at radius 3 is 2.47 bits per heavy atom. The molecule has 1 amide bonds. The lowest BCUT2D eigenvalue weighted by Gasteiger charge is -2.29. The van der Waals surface area contributed by atoms with Crippen molar-refractivity contribution in [3.8, 4) is 0 Å². The minimum absolute atomic E-state index is 0.0293. The number of hydrogen-bond acceptors (Lipinski definition) is 3. The van der Waals surface area contributed by atoms with Gasteiger partial charge < -0.3 is 16.3 Å². The van der Waals surface area contributed by atoms with Gasteiger partial charge in [-0.25, -0.2) is 0 Å². The molecule has 88 valence electrons. The molecule has 0 fully saturated rings. The first kappa shape index (κ1) is 13.7. The number of carbonyl (C=O) groups excluding carboxylic acids is 1. The third-order valence-electron chi connectivity index (χ3n) is 2.84. The highest BCUT2D eigenvalue weighted by Crippen LogP contribution is 2.11. The van der Waals surface area contributed by atoms with E-state index in [0.29, 0.717) is 6.42 Å². The van der Waals surface area contributed by atoms with Gasteiger partial charge in [0.1, 0.15) is 0 Å². The lowest BCUT2D eigenvalue weighted by molar-refractivity contribution is -0.125. The number of carbonyl (C=O) groups is 1. The van der Waals surface area contributed by atoms with E-state index in [-0.39, 0.29) is 17.7 Å². The van der Waals surface area contributed by atoms with Crippen LogP contribution < -0.4 is 11.1 Å². The Bertz CT molecular complexity index is 253. The molecule has 4 N–H and O–H groups in total. The van der Waals surface area contributed by atoms with E-state index in [2.05, 4.69) is 10.5 Å². The summed E-state index contributed by atoms with van der Waals surface area (Å²) in [6.45, 7) is 7.39. The Morgan fingerprint density at radius 1 is 1.60 bits per heavy atom. The Kier molecular flexibility index (Phi) is 5.11. The SMILES string of the molecule is CCC(C)C(=O)NC(C)(CC)/C(N)=N/O. The summed E-state index contributed by atoms with van der Waals surface area (Å²) >= 11 is 0. The van der Waals surface area contributed by atoms with Gasteiger partial charge in [0.2, 0.25) is 5.91 Å². The van der Waals surface area contributed by atoms with E-state index in [4.69, 9.17) is 10.9 Å². The normalized spacial score (nSPS) is 18.0. The van der Waals surface area contributed by atoms with Crippen molar-refractivity contribution in [2.45, 2.75) is 46.1 Å². The van der Waals surface area contributed by atoms with Crippen LogP contribution in [-0.4, -0.2) is 22.5 Å². The molecular weight excluding hydrogens is 194 g/mol. The number of nitrogens with two attached hydrogens (primary N) is 1. The average Bonchev–Trinajstić information content (AvgIpc) is 2.26. The smallest absolute Gasteiger partial charge is 0.223 e. The fourth-order valence-corrected chi connectivity index (χ4v) is 1.02. The average molecular weight is 215 g/mol. The Labute approximate surface area is 90.7 Å². The van der Waals surface area contributed by atoms with Crippen molar-refractivity contribution in [2.75, 3.05) is 0 Å². The van der Waals surface area contributed by atoms with Crippen LogP contribution in [0.3, 0.4) is 0 Å². The second-order valence-corrected chi connectivity index (χ2v) is 3.97. The summed E-state index contributed by atoms with van der Waals surface area (Å²) in [6, 6.07) is 0. The quantitative estimate of drug-likeness (QED) is 0.277. The zero-order valence-electron chi connectivity index (χ0n) is 9.87. The van der Waals surface area contributed by atoms with Crippen LogP contribution in [0.4, 0.5) is 0 Å².